The first kappa shape index (κ1) is 10.3. The zero-order chi connectivity index (χ0) is 8.49. The van der Waals surface area contributed by atoms with Crippen molar-refractivity contribution in [2.45, 2.75) is 25.7 Å². The fourth-order valence-corrected chi connectivity index (χ4v) is 2.46. The highest BCUT2D eigenvalue weighted by Gasteiger charge is 1.88. The Morgan fingerprint density at radius 2 is 1.25 bits per heavy atom. The van der Waals surface area contributed by atoms with Gasteiger partial charge in [-0.3, -0.25) is 0 Å². The molecule has 0 amide bonds. The minimum atomic E-state index is 1.30. The van der Waals surface area contributed by atoms with Crippen molar-refractivity contribution in [3.05, 3.63) is 23.0 Å². The molecule has 0 fully saturated rings. The summed E-state index contributed by atoms with van der Waals surface area (Å²) < 4.78 is 0. The van der Waals surface area contributed by atoms with Gasteiger partial charge in [0.2, 0.25) is 0 Å². The Morgan fingerprint density at radius 3 is 1.33 bits per heavy atom. The van der Waals surface area contributed by atoms with Crippen molar-refractivity contribution in [2.24, 2.45) is 0 Å². The molecule has 0 bridgehead atoms. The molecule has 0 N–H and O–H groups in total. The molecular weight excluding hydrogens is 184 g/mol. The van der Waals surface area contributed by atoms with Crippen LogP contribution in [0.4, 0.5) is 0 Å². The molecule has 0 aromatic rings. The largest absolute Gasteiger partial charge is 0.134 e. The van der Waals surface area contributed by atoms with E-state index >= 15 is 0 Å². The van der Waals surface area contributed by atoms with Crippen LogP contribution < -0.4 is 0 Å². The Morgan fingerprint density at radius 1 is 0.750 bits per heavy atom. The first-order chi connectivity index (χ1) is 6.00. The van der Waals surface area contributed by atoms with E-state index in [1.54, 1.807) is 0 Å². The third kappa shape index (κ3) is 5.78. The monoisotopic (exact) mass is 200 g/mol. The van der Waals surface area contributed by atoms with Crippen molar-refractivity contribution in [3.63, 3.8) is 0 Å². The molecular formula is C10H16S2. The minimum absolute atomic E-state index is 1.30. The molecule has 0 nitrogen and oxygen atoms in total. The summed E-state index contributed by atoms with van der Waals surface area (Å²) in [5.41, 5.74) is 0. The first-order valence-electron chi connectivity index (χ1n) is 4.53. The van der Waals surface area contributed by atoms with Crippen LogP contribution in [0.5, 0.6) is 0 Å². The average molecular weight is 200 g/mol. The predicted molar refractivity (Wildman–Crippen MR) is 61.7 cm³/mol. The van der Waals surface area contributed by atoms with Crippen molar-refractivity contribution in [1.29, 1.82) is 0 Å². The molecule has 0 aromatic carbocycles. The lowest BCUT2D eigenvalue weighted by molar-refractivity contribution is 0.966. The van der Waals surface area contributed by atoms with Crippen LogP contribution in [0.2, 0.25) is 0 Å². The van der Waals surface area contributed by atoms with E-state index in [-0.39, 0.29) is 0 Å². The van der Waals surface area contributed by atoms with Crippen molar-refractivity contribution in [3.8, 4) is 0 Å². The van der Waals surface area contributed by atoms with Gasteiger partial charge in [-0.15, -0.1) is 23.5 Å². The summed E-state index contributed by atoms with van der Waals surface area (Å²) >= 11 is 3.83. The van der Waals surface area contributed by atoms with Gasteiger partial charge in [0, 0.05) is 0 Å². The van der Waals surface area contributed by atoms with Crippen LogP contribution in [0.25, 0.3) is 0 Å². The van der Waals surface area contributed by atoms with Gasteiger partial charge >= 0.3 is 0 Å². The lowest BCUT2D eigenvalue weighted by Gasteiger charge is -1.97. The normalized spacial score (nSPS) is 21.3. The van der Waals surface area contributed by atoms with Gasteiger partial charge in [0.15, 0.2) is 0 Å². The van der Waals surface area contributed by atoms with E-state index in [4.69, 9.17) is 0 Å². The number of rotatable bonds is 0. The Labute approximate surface area is 83.9 Å². The lowest BCUT2D eigenvalue weighted by Crippen LogP contribution is -1.78. The highest BCUT2D eigenvalue weighted by molar-refractivity contribution is 8.02. The van der Waals surface area contributed by atoms with Crippen molar-refractivity contribution < 1.29 is 0 Å². The van der Waals surface area contributed by atoms with Crippen molar-refractivity contribution in [2.75, 3.05) is 11.5 Å². The van der Waals surface area contributed by atoms with Gasteiger partial charge in [-0.2, -0.15) is 0 Å². The number of allylic oxidation sites excluding steroid dienone is 2. The maximum absolute atomic E-state index is 2.23. The molecule has 0 radical (unpaired) electrons. The minimum Gasteiger partial charge on any atom is -0.134 e. The van der Waals surface area contributed by atoms with Crippen LogP contribution in [-0.2, 0) is 0 Å². The standard InChI is InChI=1S/2C5H8S/c2*1-2-4-6-5-3-1/h2*2,4H,1,3,5H2. The highest BCUT2D eigenvalue weighted by Crippen LogP contribution is 2.12. The Hall–Kier alpha value is 0.180. The molecule has 2 heteroatoms. The van der Waals surface area contributed by atoms with Gasteiger partial charge in [0.25, 0.3) is 0 Å². The molecule has 2 aliphatic heterocycles. The average Bonchev–Trinajstić information content (AvgIpc) is 2.24. The van der Waals surface area contributed by atoms with Gasteiger partial charge in [0.05, 0.1) is 0 Å². The molecule has 0 atom stereocenters. The zero-order valence-electron chi connectivity index (χ0n) is 7.37. The Kier molecular flexibility index (Phi) is 6.68. The van der Waals surface area contributed by atoms with Gasteiger partial charge < -0.3 is 0 Å². The summed E-state index contributed by atoms with van der Waals surface area (Å²) in [5.74, 6) is 2.66. The summed E-state index contributed by atoms with van der Waals surface area (Å²) in [4.78, 5) is 0. The van der Waals surface area contributed by atoms with Crippen LogP contribution in [-0.4, -0.2) is 11.5 Å². The second-order valence-electron chi connectivity index (χ2n) is 2.77. The van der Waals surface area contributed by atoms with Crippen LogP contribution in [0.3, 0.4) is 0 Å². The third-order valence-electron chi connectivity index (χ3n) is 1.65. The van der Waals surface area contributed by atoms with E-state index in [9.17, 15) is 0 Å². The predicted octanol–water partition coefficient (Wildman–Crippen LogP) is 4.05. The molecule has 2 heterocycles. The highest BCUT2D eigenvalue weighted by atomic mass is 32.2. The van der Waals surface area contributed by atoms with Crippen molar-refractivity contribution >= 4 is 23.5 Å². The summed E-state index contributed by atoms with van der Waals surface area (Å²) in [6.45, 7) is 0. The molecule has 2 aliphatic rings. The van der Waals surface area contributed by atoms with Gasteiger partial charge in [-0.25, -0.2) is 0 Å². The molecule has 0 spiro atoms. The smallest absolute Gasteiger partial charge is 0.00231 e. The van der Waals surface area contributed by atoms with Gasteiger partial charge in [0.1, 0.15) is 0 Å². The zero-order valence-corrected chi connectivity index (χ0v) is 9.00. The Bertz CT molecular complexity index is 116. The third-order valence-corrected chi connectivity index (χ3v) is 3.47. The fourth-order valence-electron chi connectivity index (χ4n) is 0.977. The second kappa shape index (κ2) is 7.81. The summed E-state index contributed by atoms with van der Waals surface area (Å²) in [5, 5.41) is 4.37. The van der Waals surface area contributed by atoms with E-state index in [2.05, 4.69) is 23.0 Å². The number of hydrogen-bond donors (Lipinski definition) is 0. The van der Waals surface area contributed by atoms with Crippen LogP contribution in [0.1, 0.15) is 25.7 Å². The molecule has 12 heavy (non-hydrogen) atoms. The van der Waals surface area contributed by atoms with E-state index < -0.39 is 0 Å². The molecule has 0 aromatic heterocycles. The molecule has 0 aliphatic carbocycles. The summed E-state index contributed by atoms with van der Waals surface area (Å²) in [7, 11) is 0. The SMILES string of the molecule is C1=CSCCC1.C1=CSCCC1. The Balaban J connectivity index is 0.000000120. The van der Waals surface area contributed by atoms with E-state index in [1.807, 2.05) is 23.5 Å². The lowest BCUT2D eigenvalue weighted by atomic mass is 10.3. The van der Waals surface area contributed by atoms with Crippen molar-refractivity contribution in [1.82, 2.24) is 0 Å². The van der Waals surface area contributed by atoms with Gasteiger partial charge in [-0.1, -0.05) is 12.2 Å². The summed E-state index contributed by atoms with van der Waals surface area (Å²) in [6, 6.07) is 0. The topological polar surface area (TPSA) is 0 Å². The molecule has 2 rings (SSSR count). The quantitative estimate of drug-likeness (QED) is 0.578. The molecule has 68 valence electrons. The number of thioether (sulfide) groups is 2. The maximum Gasteiger partial charge on any atom is -0.00231 e. The van der Waals surface area contributed by atoms with E-state index in [1.165, 1.54) is 37.2 Å². The second-order valence-corrected chi connectivity index (χ2v) is 4.80. The molecule has 0 unspecified atom stereocenters. The molecule has 0 saturated heterocycles. The van der Waals surface area contributed by atoms with E-state index in [0.29, 0.717) is 0 Å². The number of hydrogen-bond acceptors (Lipinski definition) is 2. The fraction of sp³-hybridized carbons (Fsp3) is 0.600. The first-order valence-corrected chi connectivity index (χ1v) is 6.63. The van der Waals surface area contributed by atoms with Crippen LogP contribution in [0.15, 0.2) is 23.0 Å². The van der Waals surface area contributed by atoms with Crippen LogP contribution in [0, 0.1) is 0 Å². The van der Waals surface area contributed by atoms with Crippen LogP contribution >= 0.6 is 23.5 Å². The summed E-state index contributed by atoms with van der Waals surface area (Å²) in [6.07, 6.45) is 9.81. The van der Waals surface area contributed by atoms with Gasteiger partial charge in [-0.05, 0) is 48.0 Å². The molecule has 0 saturated carbocycles. The van der Waals surface area contributed by atoms with E-state index in [0.717, 1.165) is 0 Å². The maximum atomic E-state index is 2.23.